The monoisotopic (exact) mass is 142 g/mol. The number of ether oxygens (including phenoxy) is 1. The Morgan fingerprint density at radius 3 is 2.50 bits per heavy atom. The summed E-state index contributed by atoms with van der Waals surface area (Å²) in [5, 5.41) is 9.41. The van der Waals surface area contributed by atoms with Crippen molar-refractivity contribution < 1.29 is 9.84 Å². The van der Waals surface area contributed by atoms with Gasteiger partial charge in [0.25, 0.3) is 0 Å². The summed E-state index contributed by atoms with van der Waals surface area (Å²) in [6, 6.07) is 0. The summed E-state index contributed by atoms with van der Waals surface area (Å²) in [4.78, 5) is 0. The first-order chi connectivity index (χ1) is 4.68. The molecule has 0 fully saturated rings. The molecule has 0 aromatic heterocycles. The van der Waals surface area contributed by atoms with Crippen molar-refractivity contribution in [1.82, 2.24) is 0 Å². The zero-order chi connectivity index (χ0) is 8.04. The van der Waals surface area contributed by atoms with Crippen molar-refractivity contribution in [3.8, 4) is 0 Å². The third kappa shape index (κ3) is 2.80. The van der Waals surface area contributed by atoms with E-state index >= 15 is 0 Å². The summed E-state index contributed by atoms with van der Waals surface area (Å²) in [6.07, 6.45) is 3.35. The lowest BCUT2D eigenvalue weighted by Gasteiger charge is -2.21. The van der Waals surface area contributed by atoms with Crippen LogP contribution in [0, 0.1) is 0 Å². The molecule has 1 atom stereocenters. The molecule has 2 nitrogen and oxygen atoms in total. The summed E-state index contributed by atoms with van der Waals surface area (Å²) in [5.41, 5.74) is 0. The lowest BCUT2D eigenvalue weighted by atomic mass is 10.2. The number of hydrogen-bond acceptors (Lipinski definition) is 2. The third-order valence-corrected chi connectivity index (χ3v) is 1.15. The van der Waals surface area contributed by atoms with E-state index in [0.717, 1.165) is 0 Å². The second-order valence-electron chi connectivity index (χ2n) is 1.97. The molecule has 0 aromatic rings. The third-order valence-electron chi connectivity index (χ3n) is 1.15. The quantitative estimate of drug-likeness (QED) is 0.465. The Labute approximate surface area is 61.8 Å². The van der Waals surface area contributed by atoms with Crippen LogP contribution in [0.4, 0.5) is 0 Å². The normalized spacial score (nSPS) is 15.8. The molecule has 0 rings (SSSR count). The Morgan fingerprint density at radius 2 is 2.20 bits per heavy atom. The molecule has 10 heavy (non-hydrogen) atoms. The Morgan fingerprint density at radius 1 is 1.60 bits per heavy atom. The average molecular weight is 142 g/mol. The number of aliphatic hydroxyl groups is 1. The molecular formula is C8H14O2. The van der Waals surface area contributed by atoms with E-state index in [9.17, 15) is 5.11 Å². The van der Waals surface area contributed by atoms with Gasteiger partial charge in [0.15, 0.2) is 5.79 Å². The maximum atomic E-state index is 9.41. The van der Waals surface area contributed by atoms with Gasteiger partial charge in [-0.1, -0.05) is 12.7 Å². The fourth-order valence-corrected chi connectivity index (χ4v) is 0.658. The first-order valence-corrected chi connectivity index (χ1v) is 3.29. The maximum absolute atomic E-state index is 9.41. The standard InChI is InChI=1S/C8H14O2/c1-4-7-8(9,5-2)10-6-3/h4-5,9H,1-2,6-7H2,3H3. The van der Waals surface area contributed by atoms with Crippen LogP contribution in [-0.4, -0.2) is 17.5 Å². The van der Waals surface area contributed by atoms with Crippen molar-refractivity contribution in [3.05, 3.63) is 25.3 Å². The highest BCUT2D eigenvalue weighted by Crippen LogP contribution is 2.13. The van der Waals surface area contributed by atoms with Gasteiger partial charge in [0.05, 0.1) is 0 Å². The summed E-state index contributed by atoms with van der Waals surface area (Å²) >= 11 is 0. The molecule has 0 aliphatic carbocycles. The SMILES string of the molecule is C=CCC(O)(C=C)OCC. The topological polar surface area (TPSA) is 29.5 Å². The second kappa shape index (κ2) is 4.25. The number of rotatable bonds is 5. The first kappa shape index (κ1) is 9.40. The van der Waals surface area contributed by atoms with E-state index in [4.69, 9.17) is 4.74 Å². The Balaban J connectivity index is 3.92. The van der Waals surface area contributed by atoms with Gasteiger partial charge in [0, 0.05) is 13.0 Å². The van der Waals surface area contributed by atoms with Gasteiger partial charge in [-0.2, -0.15) is 0 Å². The van der Waals surface area contributed by atoms with Gasteiger partial charge in [0.1, 0.15) is 0 Å². The summed E-state index contributed by atoms with van der Waals surface area (Å²) in [7, 11) is 0. The van der Waals surface area contributed by atoms with E-state index in [2.05, 4.69) is 13.2 Å². The van der Waals surface area contributed by atoms with Crippen LogP contribution in [0.25, 0.3) is 0 Å². The van der Waals surface area contributed by atoms with E-state index in [-0.39, 0.29) is 0 Å². The molecule has 0 radical (unpaired) electrons. The van der Waals surface area contributed by atoms with E-state index in [1.54, 1.807) is 6.08 Å². The van der Waals surface area contributed by atoms with E-state index in [1.165, 1.54) is 6.08 Å². The molecule has 1 N–H and O–H groups in total. The maximum Gasteiger partial charge on any atom is 0.188 e. The van der Waals surface area contributed by atoms with Crippen LogP contribution in [0.5, 0.6) is 0 Å². The molecule has 0 aliphatic rings. The highest BCUT2D eigenvalue weighted by molar-refractivity contribution is 4.92. The molecule has 0 aliphatic heterocycles. The molecule has 0 saturated carbocycles. The van der Waals surface area contributed by atoms with Gasteiger partial charge in [-0.05, 0) is 13.0 Å². The summed E-state index contributed by atoms with van der Waals surface area (Å²) in [5.74, 6) is -1.21. The van der Waals surface area contributed by atoms with Crippen molar-refractivity contribution in [2.75, 3.05) is 6.61 Å². The van der Waals surface area contributed by atoms with Crippen LogP contribution in [-0.2, 0) is 4.74 Å². The fraction of sp³-hybridized carbons (Fsp3) is 0.500. The van der Waals surface area contributed by atoms with E-state index in [0.29, 0.717) is 13.0 Å². The molecule has 0 saturated heterocycles. The van der Waals surface area contributed by atoms with Crippen molar-refractivity contribution >= 4 is 0 Å². The highest BCUT2D eigenvalue weighted by atomic mass is 16.6. The van der Waals surface area contributed by atoms with Gasteiger partial charge >= 0.3 is 0 Å². The lowest BCUT2D eigenvalue weighted by molar-refractivity contribution is -0.160. The van der Waals surface area contributed by atoms with Gasteiger partial charge in [-0.3, -0.25) is 0 Å². The van der Waals surface area contributed by atoms with Crippen LogP contribution in [0.1, 0.15) is 13.3 Å². The van der Waals surface area contributed by atoms with Crippen LogP contribution in [0.2, 0.25) is 0 Å². The molecule has 0 bridgehead atoms. The number of hydrogen-bond donors (Lipinski definition) is 1. The molecule has 0 spiro atoms. The molecule has 0 amide bonds. The van der Waals surface area contributed by atoms with Crippen molar-refractivity contribution in [1.29, 1.82) is 0 Å². The minimum atomic E-state index is -1.21. The fourth-order valence-electron chi connectivity index (χ4n) is 0.658. The highest BCUT2D eigenvalue weighted by Gasteiger charge is 2.19. The van der Waals surface area contributed by atoms with Crippen LogP contribution in [0.15, 0.2) is 25.3 Å². The van der Waals surface area contributed by atoms with Crippen molar-refractivity contribution in [2.24, 2.45) is 0 Å². The first-order valence-electron chi connectivity index (χ1n) is 3.29. The smallest absolute Gasteiger partial charge is 0.188 e. The Bertz CT molecular complexity index is 120. The zero-order valence-electron chi connectivity index (χ0n) is 6.34. The molecule has 1 unspecified atom stereocenters. The Hall–Kier alpha value is -0.600. The van der Waals surface area contributed by atoms with E-state index < -0.39 is 5.79 Å². The largest absolute Gasteiger partial charge is 0.362 e. The summed E-state index contributed by atoms with van der Waals surface area (Å²) < 4.78 is 4.99. The zero-order valence-corrected chi connectivity index (χ0v) is 6.34. The van der Waals surface area contributed by atoms with Crippen LogP contribution >= 0.6 is 0 Å². The van der Waals surface area contributed by atoms with Crippen LogP contribution in [0.3, 0.4) is 0 Å². The van der Waals surface area contributed by atoms with Gasteiger partial charge < -0.3 is 9.84 Å². The average Bonchev–Trinajstić information content (AvgIpc) is 1.89. The molecule has 58 valence electrons. The molecule has 0 heterocycles. The minimum Gasteiger partial charge on any atom is -0.362 e. The predicted octanol–water partition coefficient (Wildman–Crippen LogP) is 1.47. The van der Waals surface area contributed by atoms with Gasteiger partial charge in [-0.25, -0.2) is 0 Å². The van der Waals surface area contributed by atoms with Crippen LogP contribution < -0.4 is 0 Å². The lowest BCUT2D eigenvalue weighted by Crippen LogP contribution is -2.28. The summed E-state index contributed by atoms with van der Waals surface area (Å²) in [6.45, 7) is 9.22. The molecule has 2 heteroatoms. The Kier molecular flexibility index (Phi) is 4.00. The predicted molar refractivity (Wildman–Crippen MR) is 41.6 cm³/mol. The van der Waals surface area contributed by atoms with Gasteiger partial charge in [-0.15, -0.1) is 6.58 Å². The molecule has 0 aromatic carbocycles. The minimum absolute atomic E-state index is 0.379. The second-order valence-corrected chi connectivity index (χ2v) is 1.97. The molecular weight excluding hydrogens is 128 g/mol. The van der Waals surface area contributed by atoms with Gasteiger partial charge in [0.2, 0.25) is 0 Å². The van der Waals surface area contributed by atoms with Crippen molar-refractivity contribution in [3.63, 3.8) is 0 Å². The van der Waals surface area contributed by atoms with Crippen molar-refractivity contribution in [2.45, 2.75) is 19.1 Å². The van der Waals surface area contributed by atoms with E-state index in [1.807, 2.05) is 6.92 Å².